The van der Waals surface area contributed by atoms with Gasteiger partial charge < -0.3 is 5.11 Å². The van der Waals surface area contributed by atoms with E-state index in [0.29, 0.717) is 32.4 Å². The second-order valence-corrected chi connectivity index (χ2v) is 8.13. The van der Waals surface area contributed by atoms with Crippen LogP contribution in [0.4, 0.5) is 0 Å². The van der Waals surface area contributed by atoms with Gasteiger partial charge in [-0.25, -0.2) is 12.7 Å². The van der Waals surface area contributed by atoms with Gasteiger partial charge in [0, 0.05) is 19.1 Å². The van der Waals surface area contributed by atoms with E-state index in [4.69, 9.17) is 0 Å². The number of carboxylic acid groups (broad SMARTS) is 1. The van der Waals surface area contributed by atoms with Gasteiger partial charge in [-0.05, 0) is 32.4 Å². The Balaban J connectivity index is 2.09. The zero-order valence-electron chi connectivity index (χ0n) is 12.9. The van der Waals surface area contributed by atoms with Gasteiger partial charge in [0.2, 0.25) is 10.0 Å². The van der Waals surface area contributed by atoms with E-state index in [0.717, 1.165) is 19.5 Å². The summed E-state index contributed by atoms with van der Waals surface area (Å²) < 4.78 is 27.0. The van der Waals surface area contributed by atoms with Gasteiger partial charge in [-0.1, -0.05) is 20.3 Å². The van der Waals surface area contributed by atoms with Crippen molar-refractivity contribution in [3.05, 3.63) is 0 Å². The highest BCUT2D eigenvalue weighted by molar-refractivity contribution is 7.89. The minimum Gasteiger partial charge on any atom is -0.481 e. The molecule has 1 aliphatic carbocycles. The van der Waals surface area contributed by atoms with Crippen molar-refractivity contribution in [2.24, 2.45) is 5.92 Å². The summed E-state index contributed by atoms with van der Waals surface area (Å²) in [5, 5.41) is 8.48. The van der Waals surface area contributed by atoms with Crippen LogP contribution in [0.15, 0.2) is 0 Å². The Labute approximate surface area is 127 Å². The van der Waals surface area contributed by atoms with Crippen LogP contribution in [-0.4, -0.2) is 66.2 Å². The highest BCUT2D eigenvalue weighted by atomic mass is 32.2. The molecule has 122 valence electrons. The number of nitrogens with zero attached hydrogens (tertiary/aromatic N) is 2. The third-order valence-electron chi connectivity index (χ3n) is 4.97. The first-order valence-electron chi connectivity index (χ1n) is 7.87. The lowest BCUT2D eigenvalue weighted by Gasteiger charge is -2.27. The molecule has 6 nitrogen and oxygen atoms in total. The van der Waals surface area contributed by atoms with Gasteiger partial charge in [0.05, 0.1) is 11.2 Å². The number of hydrogen-bond donors (Lipinski definition) is 1. The van der Waals surface area contributed by atoms with Gasteiger partial charge in [0.1, 0.15) is 0 Å². The molecule has 0 aromatic heterocycles. The molecule has 1 heterocycles. The molecule has 2 aliphatic rings. The second kappa shape index (κ2) is 6.62. The number of rotatable bonds is 6. The Bertz CT molecular complexity index is 475. The maximum atomic E-state index is 12.7. The molecule has 0 radical (unpaired) electrons. The molecular formula is C14H26N2O4S. The van der Waals surface area contributed by atoms with E-state index >= 15 is 0 Å². The van der Waals surface area contributed by atoms with Crippen molar-refractivity contribution in [2.75, 3.05) is 26.2 Å². The van der Waals surface area contributed by atoms with Crippen molar-refractivity contribution < 1.29 is 18.3 Å². The van der Waals surface area contributed by atoms with Crippen LogP contribution in [0, 0.1) is 5.92 Å². The van der Waals surface area contributed by atoms with Gasteiger partial charge >= 0.3 is 5.97 Å². The third kappa shape index (κ3) is 3.24. The highest BCUT2D eigenvalue weighted by Gasteiger charge is 2.46. The molecule has 1 saturated carbocycles. The normalized spacial score (nSPS) is 31.1. The molecule has 3 atom stereocenters. The topological polar surface area (TPSA) is 77.9 Å². The average Bonchev–Trinajstić information content (AvgIpc) is 3.09. The molecule has 21 heavy (non-hydrogen) atoms. The van der Waals surface area contributed by atoms with Crippen LogP contribution in [0.25, 0.3) is 0 Å². The lowest BCUT2D eigenvalue weighted by atomic mass is 10.1. The molecule has 0 aromatic rings. The first kappa shape index (κ1) is 16.7. The molecule has 3 unspecified atom stereocenters. The van der Waals surface area contributed by atoms with Crippen LogP contribution in [-0.2, 0) is 14.8 Å². The van der Waals surface area contributed by atoms with Crippen LogP contribution in [0.2, 0.25) is 0 Å². The summed E-state index contributed by atoms with van der Waals surface area (Å²) in [5.74, 6) is -1.71. The summed E-state index contributed by atoms with van der Waals surface area (Å²) in [6.07, 6.45) is 2.48. The molecule has 1 saturated heterocycles. The van der Waals surface area contributed by atoms with Gasteiger partial charge in [-0.3, -0.25) is 9.69 Å². The average molecular weight is 318 g/mol. The summed E-state index contributed by atoms with van der Waals surface area (Å²) in [7, 11) is -3.49. The Morgan fingerprint density at radius 1 is 1.24 bits per heavy atom. The predicted octanol–water partition coefficient (Wildman–Crippen LogP) is 0.986. The van der Waals surface area contributed by atoms with Crippen molar-refractivity contribution in [2.45, 2.75) is 50.8 Å². The zero-order valence-corrected chi connectivity index (χ0v) is 13.7. The summed E-state index contributed by atoms with van der Waals surface area (Å²) in [4.78, 5) is 13.5. The molecule has 0 aromatic carbocycles. The van der Waals surface area contributed by atoms with Gasteiger partial charge in [-0.2, -0.15) is 0 Å². The fourth-order valence-electron chi connectivity index (χ4n) is 3.74. The molecule has 1 aliphatic heterocycles. The smallest absolute Gasteiger partial charge is 0.307 e. The van der Waals surface area contributed by atoms with E-state index in [1.54, 1.807) is 0 Å². The zero-order chi connectivity index (χ0) is 15.6. The summed E-state index contributed by atoms with van der Waals surface area (Å²) in [6.45, 7) is 7.02. The number of likely N-dealkylation sites (N-methyl/N-ethyl adjacent to an activating group) is 1. The van der Waals surface area contributed by atoms with Crippen molar-refractivity contribution in [3.63, 3.8) is 0 Å². The molecule has 2 fully saturated rings. The molecule has 0 amide bonds. The van der Waals surface area contributed by atoms with Crippen molar-refractivity contribution >= 4 is 16.0 Å². The van der Waals surface area contributed by atoms with Crippen molar-refractivity contribution in [3.8, 4) is 0 Å². The number of aliphatic carboxylic acids is 1. The summed E-state index contributed by atoms with van der Waals surface area (Å²) in [5.41, 5.74) is 0. The van der Waals surface area contributed by atoms with E-state index in [1.807, 2.05) is 0 Å². The number of carboxylic acids is 1. The van der Waals surface area contributed by atoms with Crippen LogP contribution >= 0.6 is 0 Å². The summed E-state index contributed by atoms with van der Waals surface area (Å²) >= 11 is 0. The van der Waals surface area contributed by atoms with E-state index in [1.165, 1.54) is 4.31 Å². The largest absolute Gasteiger partial charge is 0.481 e. The van der Waals surface area contributed by atoms with Crippen molar-refractivity contribution in [1.29, 1.82) is 0 Å². The first-order chi connectivity index (χ1) is 9.91. The first-order valence-corrected chi connectivity index (χ1v) is 9.37. The Kier molecular flexibility index (Phi) is 5.27. The SMILES string of the molecule is CCN(CC)C1CCN(S(=O)(=O)C2CCCC2C(=O)O)C1. The maximum Gasteiger partial charge on any atom is 0.307 e. The standard InChI is InChI=1S/C14H26N2O4S/c1-3-15(4-2)11-8-9-16(10-11)21(19,20)13-7-5-6-12(13)14(17)18/h11-13H,3-10H2,1-2H3,(H,17,18). The fraction of sp³-hybridized carbons (Fsp3) is 0.929. The van der Waals surface area contributed by atoms with E-state index < -0.39 is 27.2 Å². The number of carbonyl (C=O) groups is 1. The molecule has 0 bridgehead atoms. The molecular weight excluding hydrogens is 292 g/mol. The highest BCUT2D eigenvalue weighted by Crippen LogP contribution is 2.34. The Hall–Kier alpha value is -0.660. The van der Waals surface area contributed by atoms with E-state index in [9.17, 15) is 18.3 Å². The van der Waals surface area contributed by atoms with Gasteiger partial charge in [0.15, 0.2) is 0 Å². The minimum absolute atomic E-state index is 0.263. The predicted molar refractivity (Wildman–Crippen MR) is 80.6 cm³/mol. The van der Waals surface area contributed by atoms with Crippen LogP contribution in [0.3, 0.4) is 0 Å². The quantitative estimate of drug-likeness (QED) is 0.790. The Morgan fingerprint density at radius 3 is 2.48 bits per heavy atom. The van der Waals surface area contributed by atoms with Crippen LogP contribution in [0.5, 0.6) is 0 Å². The Morgan fingerprint density at radius 2 is 1.90 bits per heavy atom. The lowest BCUT2D eigenvalue weighted by Crippen LogP contribution is -2.43. The van der Waals surface area contributed by atoms with Crippen LogP contribution in [0.1, 0.15) is 39.5 Å². The fourth-order valence-corrected chi connectivity index (χ4v) is 5.99. The molecule has 1 N–H and O–H groups in total. The van der Waals surface area contributed by atoms with Crippen molar-refractivity contribution in [1.82, 2.24) is 9.21 Å². The summed E-state index contributed by atoms with van der Waals surface area (Å²) in [6, 6.07) is 0.263. The number of sulfonamides is 1. The second-order valence-electron chi connectivity index (χ2n) is 5.98. The lowest BCUT2D eigenvalue weighted by molar-refractivity contribution is -0.141. The van der Waals surface area contributed by atoms with E-state index in [-0.39, 0.29) is 6.04 Å². The molecule has 2 rings (SSSR count). The van der Waals surface area contributed by atoms with Gasteiger partial charge in [-0.15, -0.1) is 0 Å². The number of hydrogen-bond acceptors (Lipinski definition) is 4. The molecule has 0 spiro atoms. The minimum atomic E-state index is -3.49. The monoisotopic (exact) mass is 318 g/mol. The maximum absolute atomic E-state index is 12.7. The van der Waals surface area contributed by atoms with Gasteiger partial charge in [0.25, 0.3) is 0 Å². The third-order valence-corrected chi connectivity index (χ3v) is 7.35. The van der Waals surface area contributed by atoms with Crippen LogP contribution < -0.4 is 0 Å². The molecule has 7 heteroatoms. The van der Waals surface area contributed by atoms with E-state index in [2.05, 4.69) is 18.7 Å².